The Morgan fingerprint density at radius 2 is 1.35 bits per heavy atom. The normalized spacial score (nSPS) is 10.7. The number of amides is 1. The van der Waals surface area contributed by atoms with E-state index in [1.54, 1.807) is 6.20 Å². The van der Waals surface area contributed by atoms with Crippen molar-refractivity contribution in [1.82, 2.24) is 4.98 Å². The lowest BCUT2D eigenvalue weighted by Crippen LogP contribution is -2.14. The third-order valence-electron chi connectivity index (χ3n) is 5.34. The van der Waals surface area contributed by atoms with Gasteiger partial charge in [0, 0.05) is 17.1 Å². The molecular formula is C28H20N2O. The topological polar surface area (TPSA) is 42.0 Å². The van der Waals surface area contributed by atoms with Gasteiger partial charge in [0.2, 0.25) is 0 Å². The fraction of sp³-hybridized carbons (Fsp3) is 0. The maximum atomic E-state index is 13.5. The van der Waals surface area contributed by atoms with Crippen LogP contribution in [0.2, 0.25) is 0 Å². The highest BCUT2D eigenvalue weighted by Gasteiger charge is 2.16. The molecule has 0 fully saturated rings. The van der Waals surface area contributed by atoms with Gasteiger partial charge in [-0.3, -0.25) is 9.78 Å². The van der Waals surface area contributed by atoms with E-state index in [0.717, 1.165) is 33.2 Å². The standard InChI is InChI=1S/C28H20N2O/c31-28(30-26-15-7-13-22-14-8-18-29-27(22)26)25-19-23(20-9-3-1-4-10-20)16-17-24(25)21-11-5-2-6-12-21/h1-19H,(H,30,31). The monoisotopic (exact) mass is 400 g/mol. The van der Waals surface area contributed by atoms with Crippen molar-refractivity contribution < 1.29 is 4.79 Å². The Hall–Kier alpha value is -4.24. The molecule has 5 aromatic rings. The van der Waals surface area contributed by atoms with E-state index in [2.05, 4.69) is 16.4 Å². The summed E-state index contributed by atoms with van der Waals surface area (Å²) in [4.78, 5) is 18.0. The van der Waals surface area contributed by atoms with Crippen LogP contribution in [0, 0.1) is 0 Å². The zero-order chi connectivity index (χ0) is 21.0. The molecule has 0 aliphatic carbocycles. The molecule has 3 nitrogen and oxygen atoms in total. The van der Waals surface area contributed by atoms with Crippen molar-refractivity contribution in [3.8, 4) is 22.3 Å². The lowest BCUT2D eigenvalue weighted by atomic mass is 9.94. The molecule has 3 heteroatoms. The van der Waals surface area contributed by atoms with E-state index in [1.165, 1.54) is 0 Å². The second-order valence-corrected chi connectivity index (χ2v) is 7.33. The lowest BCUT2D eigenvalue weighted by molar-refractivity contribution is 0.102. The maximum absolute atomic E-state index is 13.5. The largest absolute Gasteiger partial charge is 0.320 e. The number of nitrogens with one attached hydrogen (secondary N) is 1. The second kappa shape index (κ2) is 8.25. The van der Waals surface area contributed by atoms with Crippen LogP contribution in [0.5, 0.6) is 0 Å². The Kier molecular flexibility index (Phi) is 4.99. The number of carbonyl (C=O) groups is 1. The zero-order valence-electron chi connectivity index (χ0n) is 16.8. The van der Waals surface area contributed by atoms with Crippen LogP contribution in [0.15, 0.2) is 115 Å². The van der Waals surface area contributed by atoms with Crippen molar-refractivity contribution >= 4 is 22.5 Å². The van der Waals surface area contributed by atoms with E-state index >= 15 is 0 Å². The van der Waals surface area contributed by atoms with Crippen LogP contribution < -0.4 is 5.32 Å². The number of nitrogens with zero attached hydrogens (tertiary/aromatic N) is 1. The van der Waals surface area contributed by atoms with Crippen molar-refractivity contribution in [2.24, 2.45) is 0 Å². The van der Waals surface area contributed by atoms with Crippen LogP contribution in [-0.4, -0.2) is 10.9 Å². The zero-order valence-corrected chi connectivity index (χ0v) is 16.8. The molecule has 0 atom stereocenters. The number of hydrogen-bond donors (Lipinski definition) is 1. The summed E-state index contributed by atoms with van der Waals surface area (Å²) in [7, 11) is 0. The molecule has 0 saturated heterocycles. The molecule has 0 aliphatic heterocycles. The Labute approximate surface area is 181 Å². The fourth-order valence-electron chi connectivity index (χ4n) is 3.81. The van der Waals surface area contributed by atoms with Gasteiger partial charge in [0.25, 0.3) is 5.91 Å². The molecule has 1 N–H and O–H groups in total. The Morgan fingerprint density at radius 1 is 0.645 bits per heavy atom. The van der Waals surface area contributed by atoms with Crippen LogP contribution in [0.1, 0.15) is 10.4 Å². The van der Waals surface area contributed by atoms with Gasteiger partial charge in [-0.2, -0.15) is 0 Å². The minimum Gasteiger partial charge on any atom is -0.320 e. The average molecular weight is 400 g/mol. The second-order valence-electron chi connectivity index (χ2n) is 7.33. The Bertz CT molecular complexity index is 1360. The molecule has 1 amide bonds. The van der Waals surface area contributed by atoms with E-state index in [0.29, 0.717) is 11.3 Å². The molecule has 1 heterocycles. The molecule has 5 rings (SSSR count). The molecule has 0 saturated carbocycles. The number of anilines is 1. The molecular weight excluding hydrogens is 380 g/mol. The van der Waals surface area contributed by atoms with Crippen LogP contribution in [0.3, 0.4) is 0 Å². The molecule has 31 heavy (non-hydrogen) atoms. The summed E-state index contributed by atoms with van der Waals surface area (Å²) >= 11 is 0. The average Bonchev–Trinajstić information content (AvgIpc) is 2.85. The molecule has 1 aromatic heterocycles. The number of fused-ring (bicyclic) bond motifs is 1. The summed E-state index contributed by atoms with van der Waals surface area (Å²) in [5.74, 6) is -0.158. The van der Waals surface area contributed by atoms with Crippen molar-refractivity contribution in [2.75, 3.05) is 5.32 Å². The van der Waals surface area contributed by atoms with Gasteiger partial charge in [-0.25, -0.2) is 0 Å². The molecule has 148 valence electrons. The molecule has 0 unspecified atom stereocenters. The predicted molar refractivity (Wildman–Crippen MR) is 127 cm³/mol. The van der Waals surface area contributed by atoms with Gasteiger partial charge in [-0.15, -0.1) is 0 Å². The first-order valence-electron chi connectivity index (χ1n) is 10.2. The van der Waals surface area contributed by atoms with E-state index in [-0.39, 0.29) is 5.91 Å². The first kappa shape index (κ1) is 18.8. The van der Waals surface area contributed by atoms with Crippen LogP contribution in [-0.2, 0) is 0 Å². The fourth-order valence-corrected chi connectivity index (χ4v) is 3.81. The third kappa shape index (κ3) is 3.81. The third-order valence-corrected chi connectivity index (χ3v) is 5.34. The van der Waals surface area contributed by atoms with Crippen LogP contribution in [0.25, 0.3) is 33.2 Å². The predicted octanol–water partition coefficient (Wildman–Crippen LogP) is 6.82. The van der Waals surface area contributed by atoms with Gasteiger partial charge in [-0.1, -0.05) is 91.0 Å². The summed E-state index contributed by atoms with van der Waals surface area (Å²) in [6, 6.07) is 35.8. The number of hydrogen-bond acceptors (Lipinski definition) is 2. The van der Waals surface area contributed by atoms with Gasteiger partial charge in [0.1, 0.15) is 0 Å². The van der Waals surface area contributed by atoms with Crippen molar-refractivity contribution in [3.63, 3.8) is 0 Å². The summed E-state index contributed by atoms with van der Waals surface area (Å²) < 4.78 is 0. The molecule has 0 spiro atoms. The number of benzene rings is 4. The summed E-state index contributed by atoms with van der Waals surface area (Å²) in [5.41, 5.74) is 6.07. The number of carbonyl (C=O) groups excluding carboxylic acids is 1. The number of aromatic nitrogens is 1. The van der Waals surface area contributed by atoms with Gasteiger partial charge < -0.3 is 5.32 Å². The summed E-state index contributed by atoms with van der Waals surface area (Å²) in [6.07, 6.45) is 1.74. The van der Waals surface area contributed by atoms with Gasteiger partial charge in [0.15, 0.2) is 0 Å². The first-order valence-corrected chi connectivity index (χ1v) is 10.2. The minimum absolute atomic E-state index is 0.158. The number of pyridine rings is 1. The first-order chi connectivity index (χ1) is 15.3. The van der Waals surface area contributed by atoms with Crippen LogP contribution >= 0.6 is 0 Å². The molecule has 0 bridgehead atoms. The minimum atomic E-state index is -0.158. The number of para-hydroxylation sites is 1. The van der Waals surface area contributed by atoms with Crippen molar-refractivity contribution in [3.05, 3.63) is 121 Å². The van der Waals surface area contributed by atoms with E-state index in [4.69, 9.17) is 0 Å². The highest BCUT2D eigenvalue weighted by molar-refractivity contribution is 6.12. The highest BCUT2D eigenvalue weighted by Crippen LogP contribution is 2.30. The summed E-state index contributed by atoms with van der Waals surface area (Å²) in [5, 5.41) is 4.08. The van der Waals surface area contributed by atoms with Crippen LogP contribution in [0.4, 0.5) is 5.69 Å². The smallest absolute Gasteiger partial charge is 0.256 e. The quantitative estimate of drug-likeness (QED) is 0.360. The summed E-state index contributed by atoms with van der Waals surface area (Å²) in [6.45, 7) is 0. The number of rotatable bonds is 4. The Morgan fingerprint density at radius 3 is 2.13 bits per heavy atom. The van der Waals surface area contributed by atoms with E-state index in [1.807, 2.05) is 103 Å². The van der Waals surface area contributed by atoms with Gasteiger partial charge in [-0.05, 0) is 40.5 Å². The van der Waals surface area contributed by atoms with Gasteiger partial charge >= 0.3 is 0 Å². The maximum Gasteiger partial charge on any atom is 0.256 e. The SMILES string of the molecule is O=C(Nc1cccc2cccnc12)c1cc(-c2ccccc2)ccc1-c1ccccc1. The highest BCUT2D eigenvalue weighted by atomic mass is 16.1. The van der Waals surface area contributed by atoms with Gasteiger partial charge in [0.05, 0.1) is 11.2 Å². The lowest BCUT2D eigenvalue weighted by Gasteiger charge is -2.14. The Balaban J connectivity index is 1.60. The molecule has 4 aromatic carbocycles. The molecule has 0 aliphatic rings. The van der Waals surface area contributed by atoms with E-state index < -0.39 is 0 Å². The van der Waals surface area contributed by atoms with E-state index in [9.17, 15) is 4.79 Å². The molecule has 0 radical (unpaired) electrons. The van der Waals surface area contributed by atoms with Crippen molar-refractivity contribution in [2.45, 2.75) is 0 Å². The van der Waals surface area contributed by atoms with Crippen molar-refractivity contribution in [1.29, 1.82) is 0 Å².